The van der Waals surface area contributed by atoms with E-state index in [4.69, 9.17) is 0 Å². The van der Waals surface area contributed by atoms with E-state index in [1.807, 2.05) is 6.92 Å². The van der Waals surface area contributed by atoms with Gasteiger partial charge in [0.2, 0.25) is 0 Å². The van der Waals surface area contributed by atoms with Crippen molar-refractivity contribution in [3.05, 3.63) is 29.8 Å². The van der Waals surface area contributed by atoms with Gasteiger partial charge in [0.25, 0.3) is 5.91 Å². The molecule has 5 atom stereocenters. The van der Waals surface area contributed by atoms with Gasteiger partial charge in [0.15, 0.2) is 0 Å². The average molecular weight is 321 g/mol. The van der Waals surface area contributed by atoms with Crippen LogP contribution in [0.4, 0.5) is 4.39 Å². The van der Waals surface area contributed by atoms with Crippen molar-refractivity contribution in [3.8, 4) is 0 Å². The number of rotatable bonds is 1. The number of fused-ring (bicyclic) bond motifs is 3. The number of aliphatic hydroxyl groups excluding tert-OH is 1. The zero-order chi connectivity index (χ0) is 16.6. The summed E-state index contributed by atoms with van der Waals surface area (Å²) in [5.74, 6) is -0.338. The first-order chi connectivity index (χ1) is 11.0. The lowest BCUT2D eigenvalue weighted by molar-refractivity contribution is 0.0232. The normalized spacial score (nSPS) is 34.6. The summed E-state index contributed by atoms with van der Waals surface area (Å²) in [6, 6.07) is 2.72. The number of hydrogen-bond donors (Lipinski definition) is 2. The molecule has 0 radical (unpaired) electrons. The van der Waals surface area contributed by atoms with Gasteiger partial charge in [0.1, 0.15) is 11.5 Å². The van der Waals surface area contributed by atoms with Crippen LogP contribution in [0.2, 0.25) is 0 Å². The number of aliphatic hydroxyl groups is 1. The van der Waals surface area contributed by atoms with Gasteiger partial charge in [-0.1, -0.05) is 0 Å². The van der Waals surface area contributed by atoms with Gasteiger partial charge in [-0.05, 0) is 51.2 Å². The molecule has 2 bridgehead atoms. The van der Waals surface area contributed by atoms with Crippen molar-refractivity contribution in [1.82, 2.24) is 15.2 Å². The van der Waals surface area contributed by atoms with E-state index >= 15 is 0 Å². The van der Waals surface area contributed by atoms with E-state index in [0.29, 0.717) is 24.9 Å². The summed E-state index contributed by atoms with van der Waals surface area (Å²) in [4.78, 5) is 18.6. The molecule has 3 heterocycles. The molecular formula is C17H24FN3O2. The molecule has 126 valence electrons. The van der Waals surface area contributed by atoms with E-state index in [1.165, 1.54) is 12.1 Å². The molecule has 1 amide bonds. The number of nitrogens with one attached hydrogen (secondary N) is 1. The van der Waals surface area contributed by atoms with Crippen LogP contribution < -0.4 is 5.32 Å². The topological polar surface area (TPSA) is 65.5 Å². The lowest BCUT2D eigenvalue weighted by Gasteiger charge is -2.41. The first-order valence-electron chi connectivity index (χ1n) is 8.32. The quantitative estimate of drug-likeness (QED) is 0.824. The maximum absolute atomic E-state index is 13.1. The summed E-state index contributed by atoms with van der Waals surface area (Å²) >= 11 is 0. The minimum atomic E-state index is -0.558. The molecule has 0 aliphatic carbocycles. The maximum atomic E-state index is 13.1. The molecule has 0 aromatic carbocycles. The number of halogens is 1. The summed E-state index contributed by atoms with van der Waals surface area (Å²) in [5.41, 5.74) is 0.227. The lowest BCUT2D eigenvalue weighted by Crippen LogP contribution is -2.59. The Balaban J connectivity index is 1.92. The zero-order valence-electron chi connectivity index (χ0n) is 13.6. The zero-order valence-corrected chi connectivity index (χ0v) is 13.6. The highest BCUT2D eigenvalue weighted by molar-refractivity contribution is 5.92. The minimum Gasteiger partial charge on any atom is -0.391 e. The third-order valence-electron chi connectivity index (χ3n) is 5.03. The fraction of sp³-hybridized carbons (Fsp3) is 0.647. The molecular weight excluding hydrogens is 297 g/mol. The summed E-state index contributed by atoms with van der Waals surface area (Å²) in [7, 11) is 0. The Labute approximate surface area is 135 Å². The monoisotopic (exact) mass is 321 g/mol. The van der Waals surface area contributed by atoms with E-state index in [0.717, 1.165) is 19.0 Å². The van der Waals surface area contributed by atoms with Gasteiger partial charge in [-0.25, -0.2) is 9.37 Å². The Bertz CT molecular complexity index is 563. The van der Waals surface area contributed by atoms with Crippen LogP contribution in [0.3, 0.4) is 0 Å². The van der Waals surface area contributed by atoms with Crippen molar-refractivity contribution in [2.75, 3.05) is 6.54 Å². The molecule has 0 saturated carbocycles. The van der Waals surface area contributed by atoms with Gasteiger partial charge in [0, 0.05) is 18.6 Å². The third-order valence-corrected chi connectivity index (χ3v) is 5.03. The Kier molecular flexibility index (Phi) is 4.64. The van der Waals surface area contributed by atoms with Crippen LogP contribution in [0.25, 0.3) is 0 Å². The predicted octanol–water partition coefficient (Wildman–Crippen LogP) is 1.57. The highest BCUT2D eigenvalue weighted by Gasteiger charge is 2.41. The molecule has 2 aliphatic heterocycles. The van der Waals surface area contributed by atoms with E-state index in [-0.39, 0.29) is 23.7 Å². The van der Waals surface area contributed by atoms with Gasteiger partial charge in [-0.3, -0.25) is 4.79 Å². The number of carbonyl (C=O) groups is 1. The van der Waals surface area contributed by atoms with Crippen LogP contribution >= 0.6 is 0 Å². The second kappa shape index (κ2) is 6.53. The van der Waals surface area contributed by atoms with Gasteiger partial charge in [-0.15, -0.1) is 0 Å². The highest BCUT2D eigenvalue weighted by Crippen LogP contribution is 2.30. The number of nitrogens with zero attached hydrogens (tertiary/aromatic N) is 2. The smallest absolute Gasteiger partial charge is 0.272 e. The Morgan fingerprint density at radius 3 is 2.87 bits per heavy atom. The van der Waals surface area contributed by atoms with Crippen LogP contribution in [0.5, 0.6) is 0 Å². The van der Waals surface area contributed by atoms with Crippen molar-refractivity contribution in [2.24, 2.45) is 5.92 Å². The molecule has 5 nitrogen and oxygen atoms in total. The molecule has 23 heavy (non-hydrogen) atoms. The van der Waals surface area contributed by atoms with Crippen molar-refractivity contribution in [1.29, 1.82) is 0 Å². The average Bonchev–Trinajstić information content (AvgIpc) is 2.63. The van der Waals surface area contributed by atoms with E-state index in [1.54, 1.807) is 4.90 Å². The van der Waals surface area contributed by atoms with Gasteiger partial charge in [-0.2, -0.15) is 0 Å². The van der Waals surface area contributed by atoms with E-state index in [2.05, 4.69) is 17.2 Å². The first kappa shape index (κ1) is 16.3. The molecule has 2 saturated heterocycles. The molecule has 1 aromatic heterocycles. The summed E-state index contributed by atoms with van der Waals surface area (Å²) < 4.78 is 13.1. The highest BCUT2D eigenvalue weighted by atomic mass is 19.1. The number of carbonyl (C=O) groups excluding carboxylic acids is 1. The summed E-state index contributed by atoms with van der Waals surface area (Å²) in [6.45, 7) is 4.78. The molecule has 6 heteroatoms. The van der Waals surface area contributed by atoms with Crippen LogP contribution in [0, 0.1) is 11.7 Å². The summed E-state index contributed by atoms with van der Waals surface area (Å²) in [6.07, 6.45) is 3.09. The fourth-order valence-corrected chi connectivity index (χ4v) is 4.05. The second-order valence-electron chi connectivity index (χ2n) is 6.91. The number of aromatic nitrogens is 1. The van der Waals surface area contributed by atoms with Crippen molar-refractivity contribution in [2.45, 2.75) is 57.3 Å². The Morgan fingerprint density at radius 2 is 2.17 bits per heavy atom. The van der Waals surface area contributed by atoms with E-state index in [9.17, 15) is 14.3 Å². The van der Waals surface area contributed by atoms with Crippen molar-refractivity contribution < 1.29 is 14.3 Å². The van der Waals surface area contributed by atoms with Crippen LogP contribution in [0.15, 0.2) is 18.3 Å². The van der Waals surface area contributed by atoms with Crippen LogP contribution in [-0.2, 0) is 0 Å². The second-order valence-corrected chi connectivity index (χ2v) is 6.91. The number of hydrogen-bond acceptors (Lipinski definition) is 4. The summed E-state index contributed by atoms with van der Waals surface area (Å²) in [5, 5.41) is 14.1. The molecule has 1 aromatic rings. The predicted molar refractivity (Wildman–Crippen MR) is 84.4 cm³/mol. The SMILES string of the molecule is C[C@@H]1C[C@H]2CC[C@@H](O)[C@H]([C@@H](C)N1)N(C(=O)c1ccc(F)cn1)C2. The van der Waals surface area contributed by atoms with Crippen molar-refractivity contribution >= 4 is 5.91 Å². The Hall–Kier alpha value is -1.53. The molecule has 2 N–H and O–H groups in total. The van der Waals surface area contributed by atoms with Gasteiger partial charge < -0.3 is 15.3 Å². The van der Waals surface area contributed by atoms with E-state index < -0.39 is 11.9 Å². The van der Waals surface area contributed by atoms with Crippen LogP contribution in [-0.4, -0.2) is 51.7 Å². The molecule has 0 unspecified atom stereocenters. The molecule has 2 aliphatic rings. The van der Waals surface area contributed by atoms with Crippen LogP contribution in [0.1, 0.15) is 43.6 Å². The Morgan fingerprint density at radius 1 is 1.39 bits per heavy atom. The largest absolute Gasteiger partial charge is 0.391 e. The first-order valence-corrected chi connectivity index (χ1v) is 8.32. The fourth-order valence-electron chi connectivity index (χ4n) is 4.05. The minimum absolute atomic E-state index is 0.0107. The number of amides is 1. The van der Waals surface area contributed by atoms with Gasteiger partial charge in [0.05, 0.1) is 18.3 Å². The standard InChI is InChI=1S/C17H24FN3O2/c1-10-7-12-3-6-15(22)16(11(2)20-10)21(9-12)17(23)14-5-4-13(18)8-19-14/h4-5,8,10-12,15-16,20,22H,3,6-7,9H2,1-2H3/t10-,11-,12-,15-,16+/m1/s1. The molecule has 0 spiro atoms. The van der Waals surface area contributed by atoms with Gasteiger partial charge >= 0.3 is 0 Å². The number of pyridine rings is 1. The maximum Gasteiger partial charge on any atom is 0.272 e. The van der Waals surface area contributed by atoms with Crippen molar-refractivity contribution in [3.63, 3.8) is 0 Å². The third kappa shape index (κ3) is 3.38. The lowest BCUT2D eigenvalue weighted by atomic mass is 9.95. The molecule has 3 rings (SSSR count). The molecule has 2 fully saturated rings.